The fourth-order valence-electron chi connectivity index (χ4n) is 2.86. The number of benzene rings is 1. The Morgan fingerprint density at radius 3 is 2.50 bits per heavy atom. The third kappa shape index (κ3) is 3.75. The Morgan fingerprint density at radius 1 is 1.29 bits per heavy atom. The molecule has 2 heterocycles. The van der Waals surface area contributed by atoms with Gasteiger partial charge < -0.3 is 9.72 Å². The number of H-pyrrole nitrogens is 1. The zero-order valence-electron chi connectivity index (χ0n) is 15.3. The number of halogens is 3. The normalized spacial score (nSPS) is 12.9. The molecule has 2 aromatic heterocycles. The largest absolute Gasteiger partial charge is 0.459 e. The number of rotatable bonds is 4. The van der Waals surface area contributed by atoms with Crippen molar-refractivity contribution < 1.29 is 22.7 Å². The maximum atomic E-state index is 12.8. The second kappa shape index (κ2) is 7.10. The van der Waals surface area contributed by atoms with Crippen LogP contribution >= 0.6 is 0 Å². The highest BCUT2D eigenvalue weighted by atomic mass is 19.4. The molecule has 0 saturated carbocycles. The Kier molecular flexibility index (Phi) is 4.97. The summed E-state index contributed by atoms with van der Waals surface area (Å²) in [4.78, 5) is 30.4. The van der Waals surface area contributed by atoms with E-state index in [1.807, 2.05) is 0 Å². The summed E-state index contributed by atoms with van der Waals surface area (Å²) in [5, 5.41) is 4.52. The lowest BCUT2D eigenvalue weighted by Crippen LogP contribution is -2.13. The van der Waals surface area contributed by atoms with Crippen molar-refractivity contribution in [2.45, 2.75) is 39.6 Å². The molecule has 0 bridgehead atoms. The Bertz CT molecular complexity index is 1080. The van der Waals surface area contributed by atoms with Crippen LogP contribution in [0.25, 0.3) is 11.0 Å². The van der Waals surface area contributed by atoms with Crippen molar-refractivity contribution in [3.05, 3.63) is 57.3 Å². The Morgan fingerprint density at radius 2 is 1.93 bits per heavy atom. The van der Waals surface area contributed by atoms with E-state index in [0.29, 0.717) is 11.4 Å². The van der Waals surface area contributed by atoms with Crippen LogP contribution in [0.4, 0.5) is 13.2 Å². The van der Waals surface area contributed by atoms with Crippen molar-refractivity contribution in [3.8, 4) is 0 Å². The van der Waals surface area contributed by atoms with E-state index in [1.165, 1.54) is 23.7 Å². The first-order chi connectivity index (χ1) is 13.1. The van der Waals surface area contributed by atoms with Crippen LogP contribution in [0.3, 0.4) is 0 Å². The molecule has 10 heteroatoms. The molecular formula is C18H17F3N4O3. The molecule has 1 atom stereocenters. The number of hydrogen-bond acceptors (Lipinski definition) is 5. The summed E-state index contributed by atoms with van der Waals surface area (Å²) in [6.07, 6.45) is -4.43. The predicted octanol–water partition coefficient (Wildman–Crippen LogP) is 3.12. The van der Waals surface area contributed by atoms with Gasteiger partial charge >= 0.3 is 12.1 Å². The summed E-state index contributed by atoms with van der Waals surface area (Å²) in [5.41, 5.74) is -0.157. The Labute approximate surface area is 157 Å². The number of fused-ring (bicyclic) bond motifs is 1. The van der Waals surface area contributed by atoms with E-state index in [1.54, 1.807) is 13.8 Å². The number of carbonyl (C=O) groups is 1. The maximum absolute atomic E-state index is 12.8. The van der Waals surface area contributed by atoms with Gasteiger partial charge in [-0.2, -0.15) is 18.3 Å². The third-order valence-corrected chi connectivity index (χ3v) is 4.25. The molecule has 1 aromatic carbocycles. The fraction of sp³-hybridized carbons (Fsp3) is 0.333. The van der Waals surface area contributed by atoms with Crippen LogP contribution in [0.15, 0.2) is 29.1 Å². The first kappa shape index (κ1) is 19.6. The van der Waals surface area contributed by atoms with Gasteiger partial charge in [-0.05, 0) is 31.5 Å². The molecule has 7 nitrogen and oxygen atoms in total. The topological polar surface area (TPSA) is 89.9 Å². The summed E-state index contributed by atoms with van der Waals surface area (Å²) in [6, 6.07) is 4.18. The van der Waals surface area contributed by atoms with Crippen LogP contribution in [0.1, 0.15) is 42.5 Å². The summed E-state index contributed by atoms with van der Waals surface area (Å²) < 4.78 is 44.8. The first-order valence-electron chi connectivity index (χ1n) is 8.36. The average Bonchev–Trinajstić information content (AvgIpc) is 2.97. The Balaban J connectivity index is 2.09. The Hall–Kier alpha value is -3.17. The van der Waals surface area contributed by atoms with Gasteiger partial charge in [0.25, 0.3) is 5.56 Å². The quantitative estimate of drug-likeness (QED) is 0.687. The lowest BCUT2D eigenvalue weighted by molar-refractivity contribution is -0.142. The summed E-state index contributed by atoms with van der Waals surface area (Å²) in [6.45, 7) is 4.35. The second-order valence-electron chi connectivity index (χ2n) is 6.32. The van der Waals surface area contributed by atoms with Crippen LogP contribution < -0.4 is 5.56 Å². The predicted molar refractivity (Wildman–Crippen MR) is 93.6 cm³/mol. The van der Waals surface area contributed by atoms with Gasteiger partial charge in [0.1, 0.15) is 23.5 Å². The molecule has 0 radical (unpaired) electrons. The zero-order chi connectivity index (χ0) is 20.6. The van der Waals surface area contributed by atoms with Crippen molar-refractivity contribution in [2.75, 3.05) is 0 Å². The lowest BCUT2D eigenvalue weighted by Gasteiger charge is -2.15. The highest BCUT2D eigenvalue weighted by molar-refractivity contribution is 5.78. The maximum Gasteiger partial charge on any atom is 0.416 e. The summed E-state index contributed by atoms with van der Waals surface area (Å²) in [5.74, 6) is -0.174. The van der Waals surface area contributed by atoms with Gasteiger partial charge in [0.15, 0.2) is 5.65 Å². The number of nitrogens with zero attached hydrogens (tertiary/aromatic N) is 3. The number of alkyl halides is 3. The SMILES string of the molecule is CC(=O)OCc1nn(C(C)c2ccc(C(F)(F)F)cc2)c2nc(C)[nH]c(=O)c12. The lowest BCUT2D eigenvalue weighted by atomic mass is 10.1. The summed E-state index contributed by atoms with van der Waals surface area (Å²) in [7, 11) is 0. The molecule has 0 spiro atoms. The highest BCUT2D eigenvalue weighted by Crippen LogP contribution is 2.31. The minimum Gasteiger partial charge on any atom is -0.459 e. The average molecular weight is 394 g/mol. The number of aromatic amines is 1. The standard InChI is InChI=1S/C18H17F3N4O3/c1-9(12-4-6-13(7-5-12)18(19,20)21)25-16-15(17(27)23-10(2)22-16)14(24-25)8-28-11(3)26/h4-7,9H,8H2,1-3H3,(H,22,23,27). The van der Waals surface area contributed by atoms with Gasteiger partial charge in [0.2, 0.25) is 0 Å². The van der Waals surface area contributed by atoms with Gasteiger partial charge in [-0.3, -0.25) is 9.59 Å². The number of esters is 1. The fourth-order valence-corrected chi connectivity index (χ4v) is 2.86. The van der Waals surface area contributed by atoms with Gasteiger partial charge in [0.05, 0.1) is 11.6 Å². The van der Waals surface area contributed by atoms with E-state index in [4.69, 9.17) is 4.74 Å². The highest BCUT2D eigenvalue weighted by Gasteiger charge is 2.30. The number of aryl methyl sites for hydroxylation is 1. The van der Waals surface area contributed by atoms with Crippen LogP contribution in [-0.4, -0.2) is 25.7 Å². The van der Waals surface area contributed by atoms with Crippen molar-refractivity contribution in [1.29, 1.82) is 0 Å². The van der Waals surface area contributed by atoms with Gasteiger partial charge in [0, 0.05) is 6.92 Å². The molecule has 0 aliphatic carbocycles. The molecule has 3 rings (SSSR count). The van der Waals surface area contributed by atoms with E-state index in [2.05, 4.69) is 15.1 Å². The molecule has 0 aliphatic heterocycles. The van der Waals surface area contributed by atoms with E-state index < -0.39 is 29.3 Å². The van der Waals surface area contributed by atoms with Gasteiger partial charge in [-0.1, -0.05) is 12.1 Å². The molecule has 0 amide bonds. The molecule has 28 heavy (non-hydrogen) atoms. The number of ether oxygens (including phenoxy) is 1. The van der Waals surface area contributed by atoms with Crippen LogP contribution in [-0.2, 0) is 22.3 Å². The molecular weight excluding hydrogens is 377 g/mol. The number of aromatic nitrogens is 4. The van der Waals surface area contributed by atoms with Gasteiger partial charge in [-0.15, -0.1) is 0 Å². The minimum atomic E-state index is -4.43. The van der Waals surface area contributed by atoms with Gasteiger partial charge in [-0.25, -0.2) is 9.67 Å². The van der Waals surface area contributed by atoms with Crippen molar-refractivity contribution >= 4 is 17.0 Å². The minimum absolute atomic E-state index is 0.172. The zero-order valence-corrected chi connectivity index (χ0v) is 15.3. The van der Waals surface area contributed by atoms with Crippen LogP contribution in [0.5, 0.6) is 0 Å². The number of hydrogen-bond donors (Lipinski definition) is 1. The number of nitrogens with one attached hydrogen (secondary N) is 1. The number of carbonyl (C=O) groups excluding carboxylic acids is 1. The van der Waals surface area contributed by atoms with Crippen LogP contribution in [0, 0.1) is 6.92 Å². The first-order valence-corrected chi connectivity index (χ1v) is 8.36. The van der Waals surface area contributed by atoms with E-state index in [9.17, 15) is 22.8 Å². The van der Waals surface area contributed by atoms with E-state index >= 15 is 0 Å². The van der Waals surface area contributed by atoms with Crippen molar-refractivity contribution in [2.24, 2.45) is 0 Å². The summed E-state index contributed by atoms with van der Waals surface area (Å²) >= 11 is 0. The van der Waals surface area contributed by atoms with Crippen molar-refractivity contribution in [1.82, 2.24) is 19.7 Å². The van der Waals surface area contributed by atoms with Crippen molar-refractivity contribution in [3.63, 3.8) is 0 Å². The van der Waals surface area contributed by atoms with E-state index in [-0.39, 0.29) is 23.3 Å². The van der Waals surface area contributed by atoms with E-state index in [0.717, 1.165) is 12.1 Å². The molecule has 148 valence electrons. The monoisotopic (exact) mass is 394 g/mol. The smallest absolute Gasteiger partial charge is 0.416 e. The molecule has 1 N–H and O–H groups in total. The second-order valence-corrected chi connectivity index (χ2v) is 6.32. The molecule has 1 unspecified atom stereocenters. The molecule has 3 aromatic rings. The molecule has 0 aliphatic rings. The molecule has 0 fully saturated rings. The third-order valence-electron chi connectivity index (χ3n) is 4.25. The van der Waals surface area contributed by atoms with Crippen LogP contribution in [0.2, 0.25) is 0 Å². The molecule has 0 saturated heterocycles.